The summed E-state index contributed by atoms with van der Waals surface area (Å²) in [6.07, 6.45) is -6.31. The standard InChI is InChI=1S/C9H13N3O7/c13-2-3(14)7-5(16)6(17)8(19-7)12-9(18)11-4(15)1-10-12/h1,3,5-8,13-14,16-17H,2H2,(H,11,15,18)/t3-,5-,6-,7-,8-/m1/s1. The summed E-state index contributed by atoms with van der Waals surface area (Å²) in [5.41, 5.74) is -1.65. The van der Waals surface area contributed by atoms with Gasteiger partial charge in [-0.05, 0) is 0 Å². The van der Waals surface area contributed by atoms with Crippen molar-refractivity contribution in [1.29, 1.82) is 0 Å². The third-order valence-electron chi connectivity index (χ3n) is 2.82. The highest BCUT2D eigenvalue weighted by Gasteiger charge is 2.47. The minimum absolute atomic E-state index is 0.638. The summed E-state index contributed by atoms with van der Waals surface area (Å²) in [5, 5.41) is 41.1. The molecule has 1 aromatic rings. The Hall–Kier alpha value is -1.59. The summed E-state index contributed by atoms with van der Waals surface area (Å²) in [6, 6.07) is 0. The van der Waals surface area contributed by atoms with Gasteiger partial charge < -0.3 is 25.2 Å². The molecule has 0 spiro atoms. The first kappa shape index (κ1) is 13.8. The van der Waals surface area contributed by atoms with Gasteiger partial charge in [0, 0.05) is 0 Å². The zero-order chi connectivity index (χ0) is 14.2. The van der Waals surface area contributed by atoms with Gasteiger partial charge in [-0.2, -0.15) is 9.78 Å². The van der Waals surface area contributed by atoms with E-state index in [9.17, 15) is 24.9 Å². The van der Waals surface area contributed by atoms with Crippen LogP contribution < -0.4 is 11.2 Å². The molecule has 0 radical (unpaired) electrons. The molecule has 1 saturated heterocycles. The van der Waals surface area contributed by atoms with Crippen molar-refractivity contribution in [3.05, 3.63) is 27.0 Å². The molecule has 0 unspecified atom stereocenters. The smallest absolute Gasteiger partial charge is 0.347 e. The van der Waals surface area contributed by atoms with Gasteiger partial charge in [0.1, 0.15) is 30.6 Å². The molecule has 10 nitrogen and oxygen atoms in total. The Labute approximate surface area is 105 Å². The number of aliphatic hydroxyl groups is 4. The van der Waals surface area contributed by atoms with Gasteiger partial charge in [0.2, 0.25) is 0 Å². The second-order valence-corrected chi connectivity index (χ2v) is 4.11. The van der Waals surface area contributed by atoms with Crippen molar-refractivity contribution in [2.45, 2.75) is 30.6 Å². The molecule has 5 N–H and O–H groups in total. The molecule has 0 aliphatic carbocycles. The summed E-state index contributed by atoms with van der Waals surface area (Å²) >= 11 is 0. The van der Waals surface area contributed by atoms with E-state index in [0.29, 0.717) is 4.68 Å². The number of hydrogen-bond acceptors (Lipinski definition) is 8. The first-order valence-electron chi connectivity index (χ1n) is 5.44. The van der Waals surface area contributed by atoms with Gasteiger partial charge in [0.25, 0.3) is 5.56 Å². The van der Waals surface area contributed by atoms with Crippen molar-refractivity contribution in [2.75, 3.05) is 6.61 Å². The minimum atomic E-state index is -1.54. The third kappa shape index (κ3) is 2.43. The highest BCUT2D eigenvalue weighted by atomic mass is 16.6. The Bertz CT molecular complexity index is 555. The Morgan fingerprint density at radius 1 is 1.42 bits per heavy atom. The SMILES string of the molecule is O=c1cnn([C@@H]2O[C@H]([C@H](O)CO)[C@H](O)[C@H]2O)c(=O)[nH]1. The second kappa shape index (κ2) is 5.19. The number of H-pyrrole nitrogens is 1. The van der Waals surface area contributed by atoms with Crippen LogP contribution in [0.1, 0.15) is 6.23 Å². The lowest BCUT2D eigenvalue weighted by Crippen LogP contribution is -2.41. The molecule has 0 bridgehead atoms. The quantitative estimate of drug-likeness (QED) is 0.372. The molecule has 10 heteroatoms. The first-order chi connectivity index (χ1) is 8.95. The third-order valence-corrected chi connectivity index (χ3v) is 2.82. The Kier molecular flexibility index (Phi) is 3.78. The van der Waals surface area contributed by atoms with Crippen molar-refractivity contribution in [3.63, 3.8) is 0 Å². The average Bonchev–Trinajstić information content (AvgIpc) is 2.66. The fraction of sp³-hybridized carbons (Fsp3) is 0.667. The van der Waals surface area contributed by atoms with E-state index < -0.39 is 48.5 Å². The molecule has 0 amide bonds. The molecule has 1 aliphatic rings. The molecular weight excluding hydrogens is 262 g/mol. The van der Waals surface area contributed by atoms with Crippen LogP contribution in [0.25, 0.3) is 0 Å². The molecule has 0 aromatic carbocycles. The minimum Gasteiger partial charge on any atom is -0.394 e. The van der Waals surface area contributed by atoms with Gasteiger partial charge in [-0.1, -0.05) is 0 Å². The van der Waals surface area contributed by atoms with E-state index in [1.165, 1.54) is 0 Å². The monoisotopic (exact) mass is 275 g/mol. The van der Waals surface area contributed by atoms with E-state index in [4.69, 9.17) is 9.84 Å². The summed E-state index contributed by atoms with van der Waals surface area (Å²) in [4.78, 5) is 24.3. The molecule has 0 saturated carbocycles. The van der Waals surface area contributed by atoms with E-state index in [1.807, 2.05) is 4.98 Å². The maximum Gasteiger partial charge on any atom is 0.347 e. The summed E-state index contributed by atoms with van der Waals surface area (Å²) in [5.74, 6) is 0. The van der Waals surface area contributed by atoms with E-state index >= 15 is 0 Å². The normalized spacial score (nSPS) is 32.4. The van der Waals surface area contributed by atoms with Gasteiger partial charge in [-0.3, -0.25) is 9.78 Å². The van der Waals surface area contributed by atoms with E-state index in [-0.39, 0.29) is 0 Å². The topological polar surface area (TPSA) is 158 Å². The van der Waals surface area contributed by atoms with Gasteiger partial charge in [0.15, 0.2) is 6.23 Å². The fourth-order valence-corrected chi connectivity index (χ4v) is 1.85. The van der Waals surface area contributed by atoms with Crippen LogP contribution in [-0.4, -0.2) is 66.2 Å². The first-order valence-corrected chi connectivity index (χ1v) is 5.44. The number of ether oxygens (including phenoxy) is 1. The van der Waals surface area contributed by atoms with Crippen molar-refractivity contribution >= 4 is 0 Å². The Balaban J connectivity index is 2.31. The number of aliphatic hydroxyl groups excluding tert-OH is 4. The second-order valence-electron chi connectivity index (χ2n) is 4.11. The maximum absolute atomic E-state index is 11.5. The van der Waals surface area contributed by atoms with Crippen molar-refractivity contribution in [2.24, 2.45) is 0 Å². The molecule has 1 fully saturated rings. The van der Waals surface area contributed by atoms with Gasteiger partial charge in [0.05, 0.1) is 6.61 Å². The molecule has 2 rings (SSSR count). The van der Waals surface area contributed by atoms with Crippen LogP contribution in [0.4, 0.5) is 0 Å². The largest absolute Gasteiger partial charge is 0.394 e. The summed E-state index contributed by atoms with van der Waals surface area (Å²) in [6.45, 7) is -0.685. The number of aromatic nitrogens is 3. The molecule has 106 valence electrons. The number of nitrogens with one attached hydrogen (secondary N) is 1. The predicted molar refractivity (Wildman–Crippen MR) is 58.1 cm³/mol. The van der Waals surface area contributed by atoms with Crippen LogP contribution in [0, 0.1) is 0 Å². The van der Waals surface area contributed by atoms with Crippen LogP contribution in [-0.2, 0) is 4.74 Å². The lowest BCUT2D eigenvalue weighted by Gasteiger charge is -2.18. The molecule has 1 aliphatic heterocycles. The van der Waals surface area contributed by atoms with Crippen molar-refractivity contribution in [3.8, 4) is 0 Å². The molecular formula is C9H13N3O7. The van der Waals surface area contributed by atoms with Crippen LogP contribution in [0.5, 0.6) is 0 Å². The molecule has 2 heterocycles. The number of nitrogens with zero attached hydrogens (tertiary/aromatic N) is 2. The molecule has 19 heavy (non-hydrogen) atoms. The van der Waals surface area contributed by atoms with Crippen LogP contribution in [0.3, 0.4) is 0 Å². The van der Waals surface area contributed by atoms with E-state index in [1.54, 1.807) is 0 Å². The highest BCUT2D eigenvalue weighted by Crippen LogP contribution is 2.29. The van der Waals surface area contributed by atoms with Gasteiger partial charge in [-0.15, -0.1) is 0 Å². The predicted octanol–water partition coefficient (Wildman–Crippen LogP) is -4.10. The molecule has 1 aromatic heterocycles. The highest BCUT2D eigenvalue weighted by molar-refractivity contribution is 4.92. The van der Waals surface area contributed by atoms with Gasteiger partial charge >= 0.3 is 5.69 Å². The summed E-state index contributed by atoms with van der Waals surface area (Å²) in [7, 11) is 0. The summed E-state index contributed by atoms with van der Waals surface area (Å²) < 4.78 is 5.75. The zero-order valence-electron chi connectivity index (χ0n) is 9.58. The lowest BCUT2D eigenvalue weighted by atomic mass is 10.1. The van der Waals surface area contributed by atoms with Crippen LogP contribution in [0.15, 0.2) is 15.8 Å². The van der Waals surface area contributed by atoms with Crippen LogP contribution >= 0.6 is 0 Å². The Morgan fingerprint density at radius 2 is 2.11 bits per heavy atom. The number of hydrogen-bond donors (Lipinski definition) is 5. The van der Waals surface area contributed by atoms with E-state index in [2.05, 4.69) is 5.10 Å². The maximum atomic E-state index is 11.5. The number of rotatable bonds is 3. The van der Waals surface area contributed by atoms with Gasteiger partial charge in [-0.25, -0.2) is 4.79 Å². The Morgan fingerprint density at radius 3 is 2.68 bits per heavy atom. The van der Waals surface area contributed by atoms with Crippen molar-refractivity contribution < 1.29 is 25.2 Å². The van der Waals surface area contributed by atoms with Crippen molar-refractivity contribution in [1.82, 2.24) is 14.8 Å². The zero-order valence-corrected chi connectivity index (χ0v) is 9.58. The fourth-order valence-electron chi connectivity index (χ4n) is 1.85. The molecule has 5 atom stereocenters. The lowest BCUT2D eigenvalue weighted by molar-refractivity contribution is -0.102. The number of aromatic amines is 1. The van der Waals surface area contributed by atoms with Crippen LogP contribution in [0.2, 0.25) is 0 Å². The van der Waals surface area contributed by atoms with E-state index in [0.717, 1.165) is 6.20 Å². The average molecular weight is 275 g/mol.